The van der Waals surface area contributed by atoms with Crippen LogP contribution >= 0.6 is 0 Å². The first-order valence-electron chi connectivity index (χ1n) is 4.91. The van der Waals surface area contributed by atoms with Crippen molar-refractivity contribution >= 4 is 5.65 Å². The molecule has 2 aromatic heterocycles. The maximum absolute atomic E-state index is 5.33. The van der Waals surface area contributed by atoms with Gasteiger partial charge in [-0.15, -0.1) is 0 Å². The van der Waals surface area contributed by atoms with Gasteiger partial charge in [0.15, 0.2) is 5.65 Å². The molecule has 0 atom stereocenters. The maximum Gasteiger partial charge on any atom is 0.157 e. The number of methoxy groups -OCH3 is 1. The molecule has 2 heterocycles. The highest BCUT2D eigenvalue weighted by Crippen LogP contribution is 2.29. The summed E-state index contributed by atoms with van der Waals surface area (Å²) in [5.41, 5.74) is 1.71. The standard InChI is InChI=1S/C11H15N3O/c1-11(2,3)10-8(15-4)7-9-12-5-6-14(9)13-10/h5-7H,1-4H3. The summed E-state index contributed by atoms with van der Waals surface area (Å²) in [6.45, 7) is 6.34. The van der Waals surface area contributed by atoms with Crippen LogP contribution in [0.15, 0.2) is 18.5 Å². The van der Waals surface area contributed by atoms with Gasteiger partial charge in [-0.1, -0.05) is 20.8 Å². The molecule has 2 rings (SSSR count). The normalized spacial score (nSPS) is 12.0. The summed E-state index contributed by atoms with van der Waals surface area (Å²) in [7, 11) is 1.66. The van der Waals surface area contributed by atoms with E-state index < -0.39 is 0 Å². The summed E-state index contributed by atoms with van der Waals surface area (Å²) in [6, 6.07) is 1.91. The second-order valence-electron chi connectivity index (χ2n) is 4.54. The van der Waals surface area contributed by atoms with Crippen molar-refractivity contribution in [2.24, 2.45) is 0 Å². The van der Waals surface area contributed by atoms with Crippen molar-refractivity contribution in [3.63, 3.8) is 0 Å². The Labute approximate surface area is 88.9 Å². The molecule has 0 saturated heterocycles. The Morgan fingerprint density at radius 2 is 2.07 bits per heavy atom. The number of hydrogen-bond donors (Lipinski definition) is 0. The summed E-state index contributed by atoms with van der Waals surface area (Å²) in [5.74, 6) is 0.793. The molecular formula is C11H15N3O. The minimum Gasteiger partial charge on any atom is -0.495 e. The third kappa shape index (κ3) is 1.67. The number of ether oxygens (including phenoxy) is 1. The van der Waals surface area contributed by atoms with E-state index in [-0.39, 0.29) is 5.41 Å². The number of aromatic nitrogens is 3. The van der Waals surface area contributed by atoms with Crippen LogP contribution in [-0.4, -0.2) is 21.7 Å². The van der Waals surface area contributed by atoms with E-state index in [0.29, 0.717) is 0 Å². The summed E-state index contributed by atoms with van der Waals surface area (Å²) >= 11 is 0. The maximum atomic E-state index is 5.33. The van der Waals surface area contributed by atoms with Crippen LogP contribution in [-0.2, 0) is 5.41 Å². The van der Waals surface area contributed by atoms with E-state index >= 15 is 0 Å². The van der Waals surface area contributed by atoms with Gasteiger partial charge in [0.1, 0.15) is 11.4 Å². The van der Waals surface area contributed by atoms with Gasteiger partial charge in [0.05, 0.1) is 7.11 Å². The predicted octanol–water partition coefficient (Wildman–Crippen LogP) is 2.04. The quantitative estimate of drug-likeness (QED) is 0.715. The molecule has 4 heteroatoms. The summed E-state index contributed by atoms with van der Waals surface area (Å²) in [4.78, 5) is 4.17. The number of imidazole rings is 1. The van der Waals surface area contributed by atoms with Crippen LogP contribution in [0, 0.1) is 0 Å². The lowest BCUT2D eigenvalue weighted by molar-refractivity contribution is 0.389. The van der Waals surface area contributed by atoms with Crippen LogP contribution in [0.5, 0.6) is 5.75 Å². The van der Waals surface area contributed by atoms with Crippen LogP contribution in [0.1, 0.15) is 26.5 Å². The molecule has 0 unspecified atom stereocenters. The van der Waals surface area contributed by atoms with Crippen LogP contribution in [0.25, 0.3) is 5.65 Å². The Morgan fingerprint density at radius 3 is 2.67 bits per heavy atom. The van der Waals surface area contributed by atoms with E-state index in [0.717, 1.165) is 17.1 Å². The van der Waals surface area contributed by atoms with Gasteiger partial charge in [-0.05, 0) is 0 Å². The van der Waals surface area contributed by atoms with Crippen LogP contribution < -0.4 is 4.74 Å². The van der Waals surface area contributed by atoms with Crippen molar-refractivity contribution in [3.8, 4) is 5.75 Å². The molecule has 0 aromatic carbocycles. The predicted molar refractivity (Wildman–Crippen MR) is 58.2 cm³/mol. The molecule has 0 saturated carbocycles. The van der Waals surface area contributed by atoms with E-state index in [2.05, 4.69) is 30.9 Å². The van der Waals surface area contributed by atoms with E-state index in [4.69, 9.17) is 4.74 Å². The molecule has 15 heavy (non-hydrogen) atoms. The second kappa shape index (κ2) is 3.22. The molecule has 0 radical (unpaired) electrons. The zero-order valence-electron chi connectivity index (χ0n) is 9.48. The van der Waals surface area contributed by atoms with Gasteiger partial charge in [0, 0.05) is 23.9 Å². The lowest BCUT2D eigenvalue weighted by Gasteiger charge is -2.20. The first-order valence-corrected chi connectivity index (χ1v) is 4.91. The molecule has 0 aliphatic carbocycles. The number of rotatable bonds is 1. The molecule has 0 bridgehead atoms. The molecule has 0 fully saturated rings. The van der Waals surface area contributed by atoms with Crippen molar-refractivity contribution in [1.82, 2.24) is 14.6 Å². The zero-order chi connectivity index (χ0) is 11.1. The van der Waals surface area contributed by atoms with E-state index in [1.807, 2.05) is 12.3 Å². The largest absolute Gasteiger partial charge is 0.495 e. The minimum absolute atomic E-state index is 0.0379. The van der Waals surface area contributed by atoms with Crippen molar-refractivity contribution < 1.29 is 4.74 Å². The Kier molecular flexibility index (Phi) is 2.14. The number of hydrogen-bond acceptors (Lipinski definition) is 3. The highest BCUT2D eigenvalue weighted by atomic mass is 16.5. The summed E-state index contributed by atoms with van der Waals surface area (Å²) < 4.78 is 7.10. The van der Waals surface area contributed by atoms with Gasteiger partial charge in [0.25, 0.3) is 0 Å². The first kappa shape index (κ1) is 9.96. The fourth-order valence-corrected chi connectivity index (χ4v) is 1.51. The highest BCUT2D eigenvalue weighted by Gasteiger charge is 2.21. The van der Waals surface area contributed by atoms with Crippen LogP contribution in [0.2, 0.25) is 0 Å². The Bertz CT molecular complexity index is 482. The highest BCUT2D eigenvalue weighted by molar-refractivity contribution is 5.46. The summed E-state index contributed by atoms with van der Waals surface area (Å²) in [6.07, 6.45) is 3.57. The second-order valence-corrected chi connectivity index (χ2v) is 4.54. The first-order chi connectivity index (χ1) is 7.02. The zero-order valence-corrected chi connectivity index (χ0v) is 9.48. The lowest BCUT2D eigenvalue weighted by Crippen LogP contribution is -2.17. The molecule has 0 aliphatic rings. The molecule has 2 aromatic rings. The van der Waals surface area contributed by atoms with Crippen LogP contribution in [0.4, 0.5) is 0 Å². The van der Waals surface area contributed by atoms with Gasteiger partial charge >= 0.3 is 0 Å². The minimum atomic E-state index is -0.0379. The molecule has 0 amide bonds. The molecule has 0 N–H and O–H groups in total. The smallest absolute Gasteiger partial charge is 0.157 e. The van der Waals surface area contributed by atoms with E-state index in [9.17, 15) is 0 Å². The van der Waals surface area contributed by atoms with Crippen molar-refractivity contribution in [3.05, 3.63) is 24.2 Å². The molecule has 4 nitrogen and oxygen atoms in total. The van der Waals surface area contributed by atoms with Crippen molar-refractivity contribution in [2.75, 3.05) is 7.11 Å². The number of fused-ring (bicyclic) bond motifs is 1. The number of nitrogens with zero attached hydrogens (tertiary/aromatic N) is 3. The van der Waals surface area contributed by atoms with Gasteiger partial charge in [-0.2, -0.15) is 5.10 Å². The fourth-order valence-electron chi connectivity index (χ4n) is 1.51. The molecule has 0 aliphatic heterocycles. The van der Waals surface area contributed by atoms with Gasteiger partial charge in [0.2, 0.25) is 0 Å². The third-order valence-corrected chi connectivity index (χ3v) is 2.28. The Balaban J connectivity index is 2.70. The Hall–Kier alpha value is -1.58. The monoisotopic (exact) mass is 205 g/mol. The summed E-state index contributed by atoms with van der Waals surface area (Å²) in [5, 5.41) is 4.51. The fraction of sp³-hybridized carbons (Fsp3) is 0.455. The lowest BCUT2D eigenvalue weighted by atomic mass is 9.91. The molecule has 80 valence electrons. The van der Waals surface area contributed by atoms with Crippen molar-refractivity contribution in [2.45, 2.75) is 26.2 Å². The Morgan fingerprint density at radius 1 is 1.33 bits per heavy atom. The van der Waals surface area contributed by atoms with Crippen LogP contribution in [0.3, 0.4) is 0 Å². The average Bonchev–Trinajstić information content (AvgIpc) is 2.60. The van der Waals surface area contributed by atoms with Gasteiger partial charge < -0.3 is 4.74 Å². The molecular weight excluding hydrogens is 190 g/mol. The topological polar surface area (TPSA) is 39.4 Å². The third-order valence-electron chi connectivity index (χ3n) is 2.28. The average molecular weight is 205 g/mol. The van der Waals surface area contributed by atoms with E-state index in [1.54, 1.807) is 17.8 Å². The SMILES string of the molecule is COc1cc2nccn2nc1C(C)(C)C. The van der Waals surface area contributed by atoms with Crippen molar-refractivity contribution in [1.29, 1.82) is 0 Å². The molecule has 0 spiro atoms. The van der Waals surface area contributed by atoms with Gasteiger partial charge in [-0.3, -0.25) is 0 Å². The van der Waals surface area contributed by atoms with E-state index in [1.165, 1.54) is 0 Å². The van der Waals surface area contributed by atoms with Gasteiger partial charge in [-0.25, -0.2) is 9.50 Å².